The molecular weight excluding hydrogens is 462 g/mol. The van der Waals surface area contributed by atoms with Gasteiger partial charge in [0.05, 0.1) is 22.5 Å². The van der Waals surface area contributed by atoms with Crippen LogP contribution in [0.4, 0.5) is 5.69 Å². The maximum atomic E-state index is 11.5. The molecule has 1 atom stereocenters. The second-order valence-electron chi connectivity index (χ2n) is 8.16. The Bertz CT molecular complexity index is 1340. The number of aromatic nitrogens is 2. The van der Waals surface area contributed by atoms with E-state index in [1.807, 2.05) is 80.6 Å². The molecule has 4 aromatic rings. The van der Waals surface area contributed by atoms with Crippen molar-refractivity contribution in [3.8, 4) is 11.5 Å². The molecule has 7 nitrogen and oxygen atoms in total. The number of fused-ring (bicyclic) bond motifs is 2. The molecule has 0 saturated heterocycles. The molecule has 1 N–H and O–H groups in total. The van der Waals surface area contributed by atoms with Crippen molar-refractivity contribution in [2.75, 3.05) is 17.7 Å². The van der Waals surface area contributed by atoms with E-state index < -0.39 is 0 Å². The Hall–Kier alpha value is -3.49. The predicted octanol–water partition coefficient (Wildman–Crippen LogP) is 5.79. The maximum absolute atomic E-state index is 11.5. The summed E-state index contributed by atoms with van der Waals surface area (Å²) in [6.07, 6.45) is -0.135. The number of ether oxygens (including phenoxy) is 3. The lowest BCUT2D eigenvalue weighted by molar-refractivity contribution is -0.113. The van der Waals surface area contributed by atoms with Gasteiger partial charge >= 0.3 is 0 Å². The predicted molar refractivity (Wildman–Crippen MR) is 137 cm³/mol. The number of nitrogens with zero attached hydrogens (tertiary/aromatic N) is 2. The van der Waals surface area contributed by atoms with Crippen molar-refractivity contribution in [1.82, 2.24) is 9.55 Å². The molecule has 0 bridgehead atoms. The molecule has 1 aliphatic heterocycles. The van der Waals surface area contributed by atoms with E-state index in [1.165, 1.54) is 11.8 Å². The number of thioether (sulfide) groups is 1. The minimum atomic E-state index is -0.135. The molecule has 5 rings (SSSR count). The number of anilines is 1. The van der Waals surface area contributed by atoms with Crippen LogP contribution in [-0.4, -0.2) is 27.8 Å². The zero-order chi connectivity index (χ0) is 24.2. The van der Waals surface area contributed by atoms with E-state index in [0.717, 1.165) is 44.5 Å². The van der Waals surface area contributed by atoms with Crippen molar-refractivity contribution in [2.45, 2.75) is 38.2 Å². The van der Waals surface area contributed by atoms with E-state index in [1.54, 1.807) is 0 Å². The Morgan fingerprint density at radius 1 is 1.03 bits per heavy atom. The first kappa shape index (κ1) is 23.3. The number of rotatable bonds is 9. The minimum Gasteiger partial charge on any atom is -0.489 e. The molecule has 8 heteroatoms. The Kier molecular flexibility index (Phi) is 6.92. The van der Waals surface area contributed by atoms with Gasteiger partial charge in [0.2, 0.25) is 5.91 Å². The fourth-order valence-electron chi connectivity index (χ4n) is 4.06. The Morgan fingerprint density at radius 3 is 2.63 bits per heavy atom. The van der Waals surface area contributed by atoms with Crippen LogP contribution >= 0.6 is 11.8 Å². The summed E-state index contributed by atoms with van der Waals surface area (Å²) >= 11 is 1.52. The van der Waals surface area contributed by atoms with Crippen molar-refractivity contribution in [1.29, 1.82) is 0 Å². The first-order valence-corrected chi connectivity index (χ1v) is 12.6. The Balaban J connectivity index is 1.21. The molecular formula is C27H27N3O4S. The van der Waals surface area contributed by atoms with Crippen LogP contribution in [0.1, 0.15) is 31.5 Å². The van der Waals surface area contributed by atoms with Crippen LogP contribution in [-0.2, 0) is 22.7 Å². The van der Waals surface area contributed by atoms with Gasteiger partial charge in [-0.05, 0) is 61.9 Å². The zero-order valence-corrected chi connectivity index (χ0v) is 20.5. The molecule has 35 heavy (non-hydrogen) atoms. The molecule has 0 aliphatic carbocycles. The van der Waals surface area contributed by atoms with Crippen LogP contribution in [0, 0.1) is 0 Å². The first-order valence-electron chi connectivity index (χ1n) is 11.6. The van der Waals surface area contributed by atoms with Crippen LogP contribution in [0.15, 0.2) is 71.6 Å². The van der Waals surface area contributed by atoms with E-state index >= 15 is 0 Å². The van der Waals surface area contributed by atoms with E-state index in [9.17, 15) is 4.79 Å². The Labute approximate surface area is 208 Å². The average molecular weight is 490 g/mol. The number of carbonyl (C=O) groups excluding carboxylic acids is 1. The summed E-state index contributed by atoms with van der Waals surface area (Å²) in [5.74, 6) is 2.81. The number of carbonyl (C=O) groups is 1. The number of imidazole rings is 1. The molecule has 0 spiro atoms. The molecule has 0 radical (unpaired) electrons. The van der Waals surface area contributed by atoms with Crippen LogP contribution in [0.25, 0.3) is 11.0 Å². The lowest BCUT2D eigenvalue weighted by atomic mass is 10.2. The van der Waals surface area contributed by atoms with Gasteiger partial charge in [0.15, 0.2) is 0 Å². The van der Waals surface area contributed by atoms with Crippen molar-refractivity contribution >= 4 is 34.4 Å². The van der Waals surface area contributed by atoms with Gasteiger partial charge in [-0.2, -0.15) is 0 Å². The summed E-state index contributed by atoms with van der Waals surface area (Å²) in [6.45, 7) is 5.41. The molecule has 3 aromatic carbocycles. The van der Waals surface area contributed by atoms with E-state index in [-0.39, 0.29) is 12.1 Å². The summed E-state index contributed by atoms with van der Waals surface area (Å²) in [6, 6.07) is 21.6. The van der Waals surface area contributed by atoms with Crippen molar-refractivity contribution in [3.05, 3.63) is 78.1 Å². The monoisotopic (exact) mass is 489 g/mol. The van der Waals surface area contributed by atoms with Crippen LogP contribution in [0.3, 0.4) is 0 Å². The molecule has 0 fully saturated rings. The van der Waals surface area contributed by atoms with Gasteiger partial charge in [-0.3, -0.25) is 9.36 Å². The summed E-state index contributed by atoms with van der Waals surface area (Å²) < 4.78 is 19.9. The molecule has 1 unspecified atom stereocenters. The highest BCUT2D eigenvalue weighted by Gasteiger charge is 2.17. The second-order valence-corrected chi connectivity index (χ2v) is 9.17. The van der Waals surface area contributed by atoms with E-state index in [4.69, 9.17) is 19.2 Å². The van der Waals surface area contributed by atoms with Gasteiger partial charge in [-0.1, -0.05) is 24.3 Å². The number of amides is 1. The summed E-state index contributed by atoms with van der Waals surface area (Å²) in [4.78, 5) is 17.3. The van der Waals surface area contributed by atoms with Crippen molar-refractivity contribution < 1.29 is 19.0 Å². The highest BCUT2D eigenvalue weighted by Crippen LogP contribution is 2.34. The molecule has 180 valence electrons. The Morgan fingerprint density at radius 2 is 1.80 bits per heavy atom. The third-order valence-electron chi connectivity index (χ3n) is 5.72. The number of benzene rings is 3. The SMILES string of the molecule is CCOC(C)n1c(COc2ccc(COc3ccc4c(c3)SCC(=O)N4)cc2)nc2ccccc21. The number of para-hydroxylation sites is 2. The molecule has 0 saturated carbocycles. The quantitative estimate of drug-likeness (QED) is 0.321. The summed E-state index contributed by atoms with van der Waals surface area (Å²) in [5, 5.41) is 2.87. The zero-order valence-electron chi connectivity index (χ0n) is 19.7. The topological polar surface area (TPSA) is 74.6 Å². The number of nitrogens with one attached hydrogen (secondary N) is 1. The summed E-state index contributed by atoms with van der Waals surface area (Å²) in [5.41, 5.74) is 3.83. The standard InChI is InChI=1S/C27H27N3O4S/c1-3-32-18(2)30-24-7-5-4-6-22(24)28-26(30)16-34-20-10-8-19(9-11-20)15-33-21-12-13-23-25(14-21)35-17-27(31)29-23/h4-14,18H,3,15-17H2,1-2H3,(H,29,31). The third-order valence-corrected chi connectivity index (χ3v) is 6.78. The molecule has 1 aromatic heterocycles. The van der Waals surface area contributed by atoms with Gasteiger partial charge in [0.1, 0.15) is 36.8 Å². The third kappa shape index (κ3) is 5.28. The van der Waals surface area contributed by atoms with Gasteiger partial charge < -0.3 is 19.5 Å². The van der Waals surface area contributed by atoms with E-state index in [0.29, 0.717) is 25.6 Å². The molecule has 2 heterocycles. The van der Waals surface area contributed by atoms with E-state index in [2.05, 4.69) is 9.88 Å². The smallest absolute Gasteiger partial charge is 0.234 e. The van der Waals surface area contributed by atoms with Gasteiger partial charge in [-0.15, -0.1) is 11.8 Å². The highest BCUT2D eigenvalue weighted by atomic mass is 32.2. The maximum Gasteiger partial charge on any atom is 0.234 e. The van der Waals surface area contributed by atoms with Crippen LogP contribution in [0.5, 0.6) is 11.5 Å². The number of hydrogen-bond acceptors (Lipinski definition) is 6. The second kappa shape index (κ2) is 10.4. The molecule has 1 amide bonds. The lowest BCUT2D eigenvalue weighted by Gasteiger charge is -2.18. The van der Waals surface area contributed by atoms with Crippen molar-refractivity contribution in [2.24, 2.45) is 0 Å². The number of hydrogen-bond donors (Lipinski definition) is 1. The fourth-order valence-corrected chi connectivity index (χ4v) is 4.89. The fraction of sp³-hybridized carbons (Fsp3) is 0.259. The average Bonchev–Trinajstić information content (AvgIpc) is 3.25. The normalized spacial score (nSPS) is 13.8. The van der Waals surface area contributed by atoms with Gasteiger partial charge in [-0.25, -0.2) is 4.98 Å². The lowest BCUT2D eigenvalue weighted by Crippen LogP contribution is -2.18. The minimum absolute atomic E-state index is 0.0273. The largest absolute Gasteiger partial charge is 0.489 e. The van der Waals surface area contributed by atoms with Gasteiger partial charge in [0, 0.05) is 11.5 Å². The van der Waals surface area contributed by atoms with Crippen LogP contribution < -0.4 is 14.8 Å². The van der Waals surface area contributed by atoms with Crippen molar-refractivity contribution in [3.63, 3.8) is 0 Å². The van der Waals surface area contributed by atoms with Crippen LogP contribution in [0.2, 0.25) is 0 Å². The molecule has 1 aliphatic rings. The first-order chi connectivity index (χ1) is 17.1. The highest BCUT2D eigenvalue weighted by molar-refractivity contribution is 8.00. The summed E-state index contributed by atoms with van der Waals surface area (Å²) in [7, 11) is 0. The van der Waals surface area contributed by atoms with Gasteiger partial charge in [0.25, 0.3) is 0 Å².